The minimum atomic E-state index is -0.404. The van der Waals surface area contributed by atoms with Gasteiger partial charge in [0.1, 0.15) is 5.75 Å². The summed E-state index contributed by atoms with van der Waals surface area (Å²) < 4.78 is 5.38. The normalized spacial score (nSPS) is 10.5. The molecule has 0 heterocycles. The Morgan fingerprint density at radius 3 is 2.37 bits per heavy atom. The number of nitrogens with one attached hydrogen (secondary N) is 1. The third-order valence-electron chi connectivity index (χ3n) is 2.44. The van der Waals surface area contributed by atoms with Crippen LogP contribution in [0.15, 0.2) is 24.3 Å². The molecule has 19 heavy (non-hydrogen) atoms. The summed E-state index contributed by atoms with van der Waals surface area (Å²) in [4.78, 5) is 11.5. The van der Waals surface area contributed by atoms with Gasteiger partial charge in [0.15, 0.2) is 6.61 Å². The molecule has 0 aromatic heterocycles. The Hall–Kier alpha value is -1.26. The zero-order valence-electron chi connectivity index (χ0n) is 11.7. The number of benzene rings is 1. The molecular formula is C14H23ClN2O2. The molecule has 1 rings (SSSR count). The maximum absolute atomic E-state index is 11.5. The van der Waals surface area contributed by atoms with E-state index in [-0.39, 0.29) is 24.9 Å². The lowest BCUT2D eigenvalue weighted by Gasteiger charge is -2.18. The van der Waals surface area contributed by atoms with Crippen molar-refractivity contribution in [2.75, 3.05) is 13.2 Å². The van der Waals surface area contributed by atoms with E-state index in [1.807, 2.05) is 38.1 Å². The molecule has 0 saturated heterocycles. The Balaban J connectivity index is 0.00000324. The molecule has 0 aliphatic heterocycles. The van der Waals surface area contributed by atoms with Crippen molar-refractivity contribution in [3.8, 4) is 5.75 Å². The summed E-state index contributed by atoms with van der Waals surface area (Å²) in [5, 5.41) is 2.73. The number of aryl methyl sites for hydroxylation is 1. The minimum Gasteiger partial charge on any atom is -0.484 e. The Kier molecular flexibility index (Phi) is 7.49. The van der Waals surface area contributed by atoms with Gasteiger partial charge in [0.05, 0.1) is 0 Å². The first-order valence-electron chi connectivity index (χ1n) is 6.18. The van der Waals surface area contributed by atoms with Crippen LogP contribution in [0.2, 0.25) is 0 Å². The van der Waals surface area contributed by atoms with Crippen LogP contribution in [-0.2, 0) is 11.2 Å². The van der Waals surface area contributed by atoms with Crippen LogP contribution >= 0.6 is 12.4 Å². The summed E-state index contributed by atoms with van der Waals surface area (Å²) in [7, 11) is 0. The number of carbonyl (C=O) groups excluding carboxylic acids is 1. The Bertz CT molecular complexity index is 385. The predicted molar refractivity (Wildman–Crippen MR) is 79.8 cm³/mol. The largest absolute Gasteiger partial charge is 0.484 e. The van der Waals surface area contributed by atoms with Gasteiger partial charge in [-0.25, -0.2) is 0 Å². The summed E-state index contributed by atoms with van der Waals surface area (Å²) in [5.74, 6) is 0.544. The van der Waals surface area contributed by atoms with Crippen molar-refractivity contribution < 1.29 is 9.53 Å². The van der Waals surface area contributed by atoms with Crippen LogP contribution < -0.4 is 15.8 Å². The summed E-state index contributed by atoms with van der Waals surface area (Å²) in [5.41, 5.74) is 6.61. The second kappa shape index (κ2) is 8.02. The number of hydrogen-bond acceptors (Lipinski definition) is 3. The molecule has 4 nitrogen and oxygen atoms in total. The van der Waals surface area contributed by atoms with Crippen LogP contribution in [-0.4, -0.2) is 24.6 Å². The van der Waals surface area contributed by atoms with Gasteiger partial charge in [0.25, 0.3) is 5.91 Å². The Morgan fingerprint density at radius 1 is 1.32 bits per heavy atom. The number of halogens is 1. The van der Waals surface area contributed by atoms with Crippen LogP contribution in [0.1, 0.15) is 26.3 Å². The second-order valence-electron chi connectivity index (χ2n) is 5.05. The maximum Gasteiger partial charge on any atom is 0.258 e. The Morgan fingerprint density at radius 2 is 1.89 bits per heavy atom. The topological polar surface area (TPSA) is 64.3 Å². The van der Waals surface area contributed by atoms with Crippen LogP contribution in [0.25, 0.3) is 0 Å². The molecule has 0 fully saturated rings. The van der Waals surface area contributed by atoms with E-state index in [2.05, 4.69) is 12.2 Å². The van der Waals surface area contributed by atoms with Gasteiger partial charge in [0.2, 0.25) is 0 Å². The molecule has 0 saturated carbocycles. The van der Waals surface area contributed by atoms with Crippen LogP contribution in [0.3, 0.4) is 0 Å². The first kappa shape index (κ1) is 17.7. The van der Waals surface area contributed by atoms with E-state index in [9.17, 15) is 4.79 Å². The first-order chi connectivity index (χ1) is 8.40. The molecule has 0 aliphatic rings. The predicted octanol–water partition coefficient (Wildman–Crippen LogP) is 1.90. The fourth-order valence-corrected chi connectivity index (χ4v) is 1.35. The number of ether oxygens (including phenoxy) is 1. The highest BCUT2D eigenvalue weighted by molar-refractivity contribution is 5.85. The average Bonchev–Trinajstić information content (AvgIpc) is 2.33. The highest BCUT2D eigenvalue weighted by Crippen LogP contribution is 2.12. The van der Waals surface area contributed by atoms with Gasteiger partial charge in [-0.05, 0) is 38.0 Å². The third kappa shape index (κ3) is 7.70. The molecule has 0 spiro atoms. The summed E-state index contributed by atoms with van der Waals surface area (Å²) in [6.07, 6.45) is 0.992. The molecule has 0 aliphatic carbocycles. The van der Waals surface area contributed by atoms with Crippen LogP contribution in [0.5, 0.6) is 5.75 Å². The van der Waals surface area contributed by atoms with E-state index < -0.39 is 5.54 Å². The standard InChI is InChI=1S/C14H22N2O2.ClH/c1-4-11-5-7-12(8-6-11)18-9-13(17)16-10-14(2,3)15;/h5-8H,4,9-10,15H2,1-3H3,(H,16,17);1H. The van der Waals surface area contributed by atoms with E-state index in [0.717, 1.165) is 6.42 Å². The Labute approximate surface area is 121 Å². The second-order valence-corrected chi connectivity index (χ2v) is 5.05. The van der Waals surface area contributed by atoms with Crippen LogP contribution in [0, 0.1) is 0 Å². The van der Waals surface area contributed by atoms with Crippen molar-refractivity contribution in [2.24, 2.45) is 5.73 Å². The smallest absolute Gasteiger partial charge is 0.258 e. The number of nitrogens with two attached hydrogens (primary N) is 1. The van der Waals surface area contributed by atoms with Gasteiger partial charge in [-0.2, -0.15) is 0 Å². The van der Waals surface area contributed by atoms with Crippen molar-refractivity contribution >= 4 is 18.3 Å². The monoisotopic (exact) mass is 286 g/mol. The van der Waals surface area contributed by atoms with Gasteiger partial charge in [-0.1, -0.05) is 19.1 Å². The van der Waals surface area contributed by atoms with E-state index in [0.29, 0.717) is 12.3 Å². The third-order valence-corrected chi connectivity index (χ3v) is 2.44. The molecule has 1 amide bonds. The fourth-order valence-electron chi connectivity index (χ4n) is 1.35. The molecule has 0 atom stereocenters. The number of rotatable bonds is 6. The summed E-state index contributed by atoms with van der Waals surface area (Å²) >= 11 is 0. The summed E-state index contributed by atoms with van der Waals surface area (Å²) in [6.45, 7) is 6.26. The molecule has 5 heteroatoms. The number of amides is 1. The molecule has 3 N–H and O–H groups in total. The minimum absolute atomic E-state index is 0. The van der Waals surface area contributed by atoms with Crippen molar-refractivity contribution in [1.29, 1.82) is 0 Å². The number of hydrogen-bond donors (Lipinski definition) is 2. The van der Waals surface area contributed by atoms with E-state index in [4.69, 9.17) is 10.5 Å². The molecule has 0 bridgehead atoms. The highest BCUT2D eigenvalue weighted by Gasteiger charge is 2.12. The average molecular weight is 287 g/mol. The van der Waals surface area contributed by atoms with E-state index in [1.54, 1.807) is 0 Å². The van der Waals surface area contributed by atoms with Gasteiger partial charge in [-0.15, -0.1) is 12.4 Å². The zero-order chi connectivity index (χ0) is 13.6. The summed E-state index contributed by atoms with van der Waals surface area (Å²) in [6, 6.07) is 7.74. The molecule has 1 aromatic rings. The van der Waals surface area contributed by atoms with Crippen molar-refractivity contribution in [3.63, 3.8) is 0 Å². The van der Waals surface area contributed by atoms with Gasteiger partial charge in [0, 0.05) is 12.1 Å². The van der Waals surface area contributed by atoms with Crippen molar-refractivity contribution in [1.82, 2.24) is 5.32 Å². The van der Waals surface area contributed by atoms with Gasteiger partial charge in [-0.3, -0.25) is 4.79 Å². The molecule has 0 radical (unpaired) electrons. The molecular weight excluding hydrogens is 264 g/mol. The lowest BCUT2D eigenvalue weighted by Crippen LogP contribution is -2.46. The van der Waals surface area contributed by atoms with E-state index >= 15 is 0 Å². The van der Waals surface area contributed by atoms with Crippen molar-refractivity contribution in [2.45, 2.75) is 32.7 Å². The molecule has 1 aromatic carbocycles. The maximum atomic E-state index is 11.5. The van der Waals surface area contributed by atoms with Gasteiger partial charge >= 0.3 is 0 Å². The van der Waals surface area contributed by atoms with Crippen LogP contribution in [0.4, 0.5) is 0 Å². The van der Waals surface area contributed by atoms with Crippen molar-refractivity contribution in [3.05, 3.63) is 29.8 Å². The highest BCUT2D eigenvalue weighted by atomic mass is 35.5. The fraction of sp³-hybridized carbons (Fsp3) is 0.500. The van der Waals surface area contributed by atoms with E-state index in [1.165, 1.54) is 5.56 Å². The molecule has 108 valence electrons. The molecule has 0 unspecified atom stereocenters. The quantitative estimate of drug-likeness (QED) is 0.839. The van der Waals surface area contributed by atoms with Gasteiger partial charge < -0.3 is 15.8 Å². The zero-order valence-corrected chi connectivity index (χ0v) is 12.5. The lowest BCUT2D eigenvalue weighted by molar-refractivity contribution is -0.123. The number of carbonyl (C=O) groups is 1. The lowest BCUT2D eigenvalue weighted by atomic mass is 10.1. The SMILES string of the molecule is CCc1ccc(OCC(=O)NCC(C)(C)N)cc1.Cl. The first-order valence-corrected chi connectivity index (χ1v) is 6.18.